The predicted octanol–water partition coefficient (Wildman–Crippen LogP) is 5.47. The Balaban J connectivity index is 3.35. The van der Waals surface area contributed by atoms with Crippen LogP contribution in [0.3, 0.4) is 0 Å². The molecule has 0 amide bonds. The molecule has 13 heavy (non-hydrogen) atoms. The molecule has 0 bridgehead atoms. The lowest BCUT2D eigenvalue weighted by Crippen LogP contribution is -2.01. The third-order valence-corrected chi connectivity index (χ3v) is 3.24. The Morgan fingerprint density at radius 2 is 1.38 bits per heavy atom. The van der Waals surface area contributed by atoms with Crippen LogP contribution in [0.1, 0.15) is 5.56 Å². The van der Waals surface area contributed by atoms with Crippen LogP contribution in [0.4, 0.5) is 0 Å². The maximum Gasteiger partial charge on any atom is 0.217 e. The molecule has 0 aliphatic heterocycles. The molecule has 72 valence electrons. The molecule has 0 N–H and O–H groups in total. The van der Waals surface area contributed by atoms with Gasteiger partial charge in [0.25, 0.3) is 0 Å². The number of rotatable bonds is 0. The molecule has 1 aromatic rings. The number of hydrogen-bond acceptors (Lipinski definition) is 0. The van der Waals surface area contributed by atoms with Crippen molar-refractivity contribution in [1.29, 1.82) is 0 Å². The molecule has 0 aromatic heterocycles. The van der Waals surface area contributed by atoms with E-state index in [-0.39, 0.29) is 10.0 Å². The molecule has 1 aromatic carbocycles. The molecule has 0 heterocycles. The van der Waals surface area contributed by atoms with Gasteiger partial charge in [0.15, 0.2) is 0 Å². The largest absolute Gasteiger partial charge is 0.217 e. The summed E-state index contributed by atoms with van der Waals surface area (Å²) < 4.78 is -1.59. The summed E-state index contributed by atoms with van der Waals surface area (Å²) in [4.78, 5) is 0. The molecule has 0 saturated heterocycles. The highest BCUT2D eigenvalue weighted by molar-refractivity contribution is 6.67. The van der Waals surface area contributed by atoms with Crippen LogP contribution in [0.5, 0.6) is 0 Å². The smallest absolute Gasteiger partial charge is 0.0827 e. The molecule has 0 saturated carbocycles. The third-order valence-electron chi connectivity index (χ3n) is 1.34. The quantitative estimate of drug-likeness (QED) is 0.440. The Bertz CT molecular complexity index is 326. The molecular formula is C7H2Cl6. The molecule has 6 heteroatoms. The van der Waals surface area contributed by atoms with E-state index in [1.807, 2.05) is 0 Å². The van der Waals surface area contributed by atoms with E-state index in [0.717, 1.165) is 0 Å². The Labute approximate surface area is 106 Å². The first-order chi connectivity index (χ1) is 5.84. The zero-order valence-electron chi connectivity index (χ0n) is 5.92. The van der Waals surface area contributed by atoms with Crippen molar-refractivity contribution < 1.29 is 0 Å². The van der Waals surface area contributed by atoms with Crippen LogP contribution in [0.15, 0.2) is 12.1 Å². The summed E-state index contributed by atoms with van der Waals surface area (Å²) in [5, 5.41) is 0.672. The Morgan fingerprint density at radius 1 is 0.846 bits per heavy atom. The standard InChI is InChI=1S/C7H2Cl6/c8-4-2-1-3(7(11,12)13)5(9)6(4)10/h1-2H. The minimum Gasteiger partial charge on any atom is -0.0827 e. The third kappa shape index (κ3) is 2.71. The van der Waals surface area contributed by atoms with Gasteiger partial charge < -0.3 is 0 Å². The van der Waals surface area contributed by atoms with Gasteiger partial charge in [-0.15, -0.1) is 0 Å². The Kier molecular flexibility index (Phi) is 3.91. The zero-order chi connectivity index (χ0) is 10.2. The van der Waals surface area contributed by atoms with Gasteiger partial charge in [0.05, 0.1) is 15.1 Å². The summed E-state index contributed by atoms with van der Waals surface area (Å²) in [7, 11) is 0. The van der Waals surface area contributed by atoms with E-state index in [2.05, 4.69) is 0 Å². The lowest BCUT2D eigenvalue weighted by Gasteiger charge is -2.14. The molecule has 1 rings (SSSR count). The molecule has 0 unspecified atom stereocenters. The van der Waals surface area contributed by atoms with E-state index < -0.39 is 3.79 Å². The van der Waals surface area contributed by atoms with E-state index in [4.69, 9.17) is 69.6 Å². The molecule has 0 aliphatic rings. The van der Waals surface area contributed by atoms with E-state index in [1.165, 1.54) is 12.1 Å². The average Bonchev–Trinajstić information content (AvgIpc) is 1.98. The van der Waals surface area contributed by atoms with Gasteiger partial charge in [0, 0.05) is 5.56 Å². The second-order valence-corrected chi connectivity index (χ2v) is 5.67. The van der Waals surface area contributed by atoms with Gasteiger partial charge >= 0.3 is 0 Å². The molecule has 0 fully saturated rings. The topological polar surface area (TPSA) is 0 Å². The van der Waals surface area contributed by atoms with Gasteiger partial charge in [-0.2, -0.15) is 0 Å². The zero-order valence-corrected chi connectivity index (χ0v) is 10.5. The molecule has 0 nitrogen and oxygen atoms in total. The van der Waals surface area contributed by atoms with Gasteiger partial charge in [-0.3, -0.25) is 0 Å². The fraction of sp³-hybridized carbons (Fsp3) is 0.143. The number of hydrogen-bond donors (Lipinski definition) is 0. The Hall–Kier alpha value is 0.960. The SMILES string of the molecule is Clc1ccc(C(Cl)(Cl)Cl)c(Cl)c1Cl. The second kappa shape index (κ2) is 4.22. The van der Waals surface area contributed by atoms with Gasteiger partial charge in [0.1, 0.15) is 0 Å². The first-order valence-electron chi connectivity index (χ1n) is 3.04. The van der Waals surface area contributed by atoms with Crippen molar-refractivity contribution in [3.63, 3.8) is 0 Å². The molecular weight excluding hydrogens is 297 g/mol. The number of alkyl halides is 3. The number of halogens is 6. The van der Waals surface area contributed by atoms with Gasteiger partial charge in [0.2, 0.25) is 3.79 Å². The van der Waals surface area contributed by atoms with Crippen LogP contribution in [0.2, 0.25) is 15.1 Å². The highest BCUT2D eigenvalue weighted by Crippen LogP contribution is 2.45. The van der Waals surface area contributed by atoms with E-state index >= 15 is 0 Å². The lowest BCUT2D eigenvalue weighted by molar-refractivity contribution is 1.24. The highest BCUT2D eigenvalue weighted by Gasteiger charge is 2.27. The summed E-state index contributed by atoms with van der Waals surface area (Å²) in [5.41, 5.74) is 0.313. The Morgan fingerprint density at radius 3 is 1.85 bits per heavy atom. The monoisotopic (exact) mass is 296 g/mol. The molecule has 0 radical (unpaired) electrons. The summed E-state index contributed by atoms with van der Waals surface area (Å²) in [6, 6.07) is 3.04. The maximum atomic E-state index is 5.81. The lowest BCUT2D eigenvalue weighted by atomic mass is 10.2. The summed E-state index contributed by atoms with van der Waals surface area (Å²) in [6.07, 6.45) is 0. The van der Waals surface area contributed by atoms with Crippen LogP contribution in [0, 0.1) is 0 Å². The summed E-state index contributed by atoms with van der Waals surface area (Å²) in [5.74, 6) is 0. The second-order valence-electron chi connectivity index (χ2n) is 2.22. The fourth-order valence-electron chi connectivity index (χ4n) is 0.745. The first-order valence-corrected chi connectivity index (χ1v) is 5.31. The molecule has 0 atom stereocenters. The minimum atomic E-state index is -1.59. The van der Waals surface area contributed by atoms with Crippen molar-refractivity contribution in [1.82, 2.24) is 0 Å². The minimum absolute atomic E-state index is 0.161. The van der Waals surface area contributed by atoms with Crippen molar-refractivity contribution in [3.8, 4) is 0 Å². The van der Waals surface area contributed by atoms with Crippen molar-refractivity contribution in [2.24, 2.45) is 0 Å². The fourth-order valence-corrected chi connectivity index (χ4v) is 2.04. The van der Waals surface area contributed by atoms with Crippen LogP contribution in [-0.2, 0) is 3.79 Å². The van der Waals surface area contributed by atoms with Crippen LogP contribution in [0.25, 0.3) is 0 Å². The van der Waals surface area contributed by atoms with E-state index in [0.29, 0.717) is 10.6 Å². The molecule has 0 spiro atoms. The van der Waals surface area contributed by atoms with E-state index in [9.17, 15) is 0 Å². The van der Waals surface area contributed by atoms with Crippen LogP contribution < -0.4 is 0 Å². The predicted molar refractivity (Wildman–Crippen MR) is 60.7 cm³/mol. The normalized spacial score (nSPS) is 11.8. The summed E-state index contributed by atoms with van der Waals surface area (Å²) >= 11 is 34.2. The van der Waals surface area contributed by atoms with Crippen molar-refractivity contribution in [2.45, 2.75) is 3.79 Å². The molecule has 0 aliphatic carbocycles. The first kappa shape index (κ1) is 12.0. The highest BCUT2D eigenvalue weighted by atomic mass is 35.6. The average molecular weight is 299 g/mol. The van der Waals surface area contributed by atoms with Crippen molar-refractivity contribution in [3.05, 3.63) is 32.8 Å². The van der Waals surface area contributed by atoms with Gasteiger partial charge in [-0.25, -0.2) is 0 Å². The van der Waals surface area contributed by atoms with Crippen molar-refractivity contribution >= 4 is 69.6 Å². The number of benzene rings is 1. The van der Waals surface area contributed by atoms with Crippen LogP contribution in [-0.4, -0.2) is 0 Å². The van der Waals surface area contributed by atoms with Gasteiger partial charge in [-0.1, -0.05) is 75.7 Å². The maximum absolute atomic E-state index is 5.81. The summed E-state index contributed by atoms with van der Waals surface area (Å²) in [6.45, 7) is 0. The van der Waals surface area contributed by atoms with E-state index in [1.54, 1.807) is 0 Å². The van der Waals surface area contributed by atoms with Crippen molar-refractivity contribution in [2.75, 3.05) is 0 Å². The van der Waals surface area contributed by atoms with Gasteiger partial charge in [-0.05, 0) is 6.07 Å². The van der Waals surface area contributed by atoms with Crippen LogP contribution >= 0.6 is 69.6 Å².